The van der Waals surface area contributed by atoms with Crippen molar-refractivity contribution in [1.29, 1.82) is 0 Å². The molecule has 4 heteroatoms. The molecule has 0 aromatic heterocycles. The first kappa shape index (κ1) is 11.9. The van der Waals surface area contributed by atoms with Crippen molar-refractivity contribution in [2.45, 2.75) is 12.8 Å². The molecule has 0 aliphatic carbocycles. The number of carbonyl (C=O) groups is 1. The fraction of sp³-hybridized carbons (Fsp3) is 0.462. The van der Waals surface area contributed by atoms with Gasteiger partial charge in [0, 0.05) is 18.2 Å². The molecule has 2 rings (SSSR count). The first-order valence-corrected chi connectivity index (χ1v) is 5.82. The quantitative estimate of drug-likeness (QED) is 0.633. The maximum Gasteiger partial charge on any atom is 0.310 e. The number of benzene rings is 1. The summed E-state index contributed by atoms with van der Waals surface area (Å²) >= 11 is 0. The van der Waals surface area contributed by atoms with Gasteiger partial charge in [-0.2, -0.15) is 0 Å². The van der Waals surface area contributed by atoms with Gasteiger partial charge in [0.05, 0.1) is 19.6 Å². The zero-order chi connectivity index (χ0) is 12.1. The predicted molar refractivity (Wildman–Crippen MR) is 64.4 cm³/mol. The number of anilines is 1. The Morgan fingerprint density at radius 1 is 1.41 bits per heavy atom. The molecule has 1 saturated heterocycles. The number of esters is 1. The summed E-state index contributed by atoms with van der Waals surface area (Å²) in [7, 11) is 0. The van der Waals surface area contributed by atoms with Gasteiger partial charge in [0.2, 0.25) is 0 Å². The Morgan fingerprint density at radius 3 is 2.82 bits per heavy atom. The van der Waals surface area contributed by atoms with Gasteiger partial charge in [-0.05, 0) is 24.1 Å². The summed E-state index contributed by atoms with van der Waals surface area (Å²) in [5.41, 5.74) is 7.19. The Kier molecular flexibility index (Phi) is 3.98. The van der Waals surface area contributed by atoms with Gasteiger partial charge in [-0.25, -0.2) is 0 Å². The van der Waals surface area contributed by atoms with Crippen molar-refractivity contribution in [2.24, 2.45) is 5.92 Å². The van der Waals surface area contributed by atoms with E-state index in [-0.39, 0.29) is 5.97 Å². The highest BCUT2D eigenvalue weighted by Crippen LogP contribution is 2.13. The molecule has 0 spiro atoms. The second-order valence-electron chi connectivity index (χ2n) is 4.33. The third kappa shape index (κ3) is 3.75. The summed E-state index contributed by atoms with van der Waals surface area (Å²) < 4.78 is 10.4. The highest BCUT2D eigenvalue weighted by molar-refractivity contribution is 5.72. The lowest BCUT2D eigenvalue weighted by atomic mass is 10.1. The summed E-state index contributed by atoms with van der Waals surface area (Å²) in [6, 6.07) is 7.26. The minimum absolute atomic E-state index is 0.193. The molecule has 92 valence electrons. The predicted octanol–water partition coefficient (Wildman–Crippen LogP) is 1.39. The zero-order valence-corrected chi connectivity index (χ0v) is 9.72. The molecule has 1 aromatic rings. The van der Waals surface area contributed by atoms with Gasteiger partial charge < -0.3 is 15.2 Å². The molecule has 4 nitrogen and oxygen atoms in total. The van der Waals surface area contributed by atoms with Gasteiger partial charge in [0.1, 0.15) is 0 Å². The van der Waals surface area contributed by atoms with Crippen molar-refractivity contribution in [2.75, 3.05) is 25.6 Å². The van der Waals surface area contributed by atoms with Crippen LogP contribution in [0.3, 0.4) is 0 Å². The highest BCUT2D eigenvalue weighted by atomic mass is 16.5. The maximum atomic E-state index is 11.6. The Bertz CT molecular complexity index is 369. The molecular formula is C13H17NO3. The molecule has 2 N–H and O–H groups in total. The number of nitrogens with two attached hydrogens (primary N) is 1. The molecule has 1 aromatic carbocycles. The number of hydrogen-bond acceptors (Lipinski definition) is 4. The van der Waals surface area contributed by atoms with E-state index in [4.69, 9.17) is 15.2 Å². The monoisotopic (exact) mass is 235 g/mol. The standard InChI is InChI=1S/C13H17NO3/c14-12-3-1-10(2-4-12)7-13(15)17-9-11-5-6-16-8-11/h1-4,11H,5-9,14H2. The molecule has 0 radical (unpaired) electrons. The average Bonchev–Trinajstić information content (AvgIpc) is 2.83. The first-order valence-electron chi connectivity index (χ1n) is 5.82. The minimum Gasteiger partial charge on any atom is -0.465 e. The smallest absolute Gasteiger partial charge is 0.310 e. The van der Waals surface area contributed by atoms with Crippen LogP contribution in [0, 0.1) is 5.92 Å². The van der Waals surface area contributed by atoms with Crippen LogP contribution in [-0.2, 0) is 20.7 Å². The summed E-state index contributed by atoms with van der Waals surface area (Å²) in [6.07, 6.45) is 1.28. The summed E-state index contributed by atoms with van der Waals surface area (Å²) in [4.78, 5) is 11.6. The Balaban J connectivity index is 1.74. The van der Waals surface area contributed by atoms with Crippen LogP contribution in [0.2, 0.25) is 0 Å². The molecule has 0 amide bonds. The van der Waals surface area contributed by atoms with Crippen LogP contribution in [0.25, 0.3) is 0 Å². The lowest BCUT2D eigenvalue weighted by Gasteiger charge is -2.08. The van der Waals surface area contributed by atoms with Crippen molar-refractivity contribution in [3.63, 3.8) is 0 Å². The van der Waals surface area contributed by atoms with Gasteiger partial charge in [-0.1, -0.05) is 12.1 Å². The van der Waals surface area contributed by atoms with Crippen LogP contribution in [0.1, 0.15) is 12.0 Å². The number of ether oxygens (including phenoxy) is 2. The second kappa shape index (κ2) is 5.68. The topological polar surface area (TPSA) is 61.6 Å². The van der Waals surface area contributed by atoms with Gasteiger partial charge >= 0.3 is 5.97 Å². The summed E-state index contributed by atoms with van der Waals surface area (Å²) in [5.74, 6) is 0.173. The lowest BCUT2D eigenvalue weighted by Crippen LogP contribution is -2.15. The fourth-order valence-corrected chi connectivity index (χ4v) is 1.78. The molecule has 1 atom stereocenters. The third-order valence-corrected chi connectivity index (χ3v) is 2.83. The van der Waals surface area contributed by atoms with E-state index in [1.807, 2.05) is 12.1 Å². The molecule has 0 bridgehead atoms. The van der Waals surface area contributed by atoms with Crippen LogP contribution >= 0.6 is 0 Å². The molecule has 17 heavy (non-hydrogen) atoms. The van der Waals surface area contributed by atoms with E-state index in [1.165, 1.54) is 0 Å². The van der Waals surface area contributed by atoms with Crippen LogP contribution in [0.4, 0.5) is 5.69 Å². The maximum absolute atomic E-state index is 11.6. The second-order valence-corrected chi connectivity index (χ2v) is 4.33. The SMILES string of the molecule is Nc1ccc(CC(=O)OCC2CCOC2)cc1. The first-order chi connectivity index (χ1) is 8.24. The van der Waals surface area contributed by atoms with E-state index in [0.717, 1.165) is 18.6 Å². The number of nitrogen functional groups attached to an aromatic ring is 1. The van der Waals surface area contributed by atoms with Crippen molar-refractivity contribution >= 4 is 11.7 Å². The van der Waals surface area contributed by atoms with Gasteiger partial charge in [0.25, 0.3) is 0 Å². The summed E-state index contributed by atoms with van der Waals surface area (Å²) in [5, 5.41) is 0. The third-order valence-electron chi connectivity index (χ3n) is 2.83. The number of rotatable bonds is 4. The molecule has 0 saturated carbocycles. The van der Waals surface area contributed by atoms with Crippen molar-refractivity contribution in [3.05, 3.63) is 29.8 Å². The number of hydrogen-bond donors (Lipinski definition) is 1. The molecule has 1 aliphatic heterocycles. The zero-order valence-electron chi connectivity index (χ0n) is 9.72. The van der Waals surface area contributed by atoms with Crippen LogP contribution in [0.5, 0.6) is 0 Å². The normalized spacial score (nSPS) is 19.2. The van der Waals surface area contributed by atoms with Crippen LogP contribution in [0.15, 0.2) is 24.3 Å². The highest BCUT2D eigenvalue weighted by Gasteiger charge is 2.17. The van der Waals surface area contributed by atoms with Crippen LogP contribution < -0.4 is 5.73 Å². The van der Waals surface area contributed by atoms with E-state index in [2.05, 4.69) is 0 Å². The van der Waals surface area contributed by atoms with Gasteiger partial charge in [0.15, 0.2) is 0 Å². The minimum atomic E-state index is -0.193. The van der Waals surface area contributed by atoms with Crippen molar-refractivity contribution in [1.82, 2.24) is 0 Å². The van der Waals surface area contributed by atoms with E-state index < -0.39 is 0 Å². The van der Waals surface area contributed by atoms with E-state index >= 15 is 0 Å². The van der Waals surface area contributed by atoms with E-state index in [0.29, 0.717) is 31.2 Å². The Labute approximate surface area is 101 Å². The van der Waals surface area contributed by atoms with Crippen molar-refractivity contribution < 1.29 is 14.3 Å². The van der Waals surface area contributed by atoms with Gasteiger partial charge in [-0.15, -0.1) is 0 Å². The molecule has 1 aliphatic rings. The number of carbonyl (C=O) groups excluding carboxylic acids is 1. The molecule has 1 fully saturated rings. The largest absolute Gasteiger partial charge is 0.465 e. The lowest BCUT2D eigenvalue weighted by molar-refractivity contribution is -0.144. The fourth-order valence-electron chi connectivity index (χ4n) is 1.78. The Hall–Kier alpha value is -1.55. The molecule has 1 heterocycles. The van der Waals surface area contributed by atoms with E-state index in [1.54, 1.807) is 12.1 Å². The van der Waals surface area contributed by atoms with E-state index in [9.17, 15) is 4.79 Å². The summed E-state index contributed by atoms with van der Waals surface area (Å²) in [6.45, 7) is 1.95. The molecule has 1 unspecified atom stereocenters. The molecular weight excluding hydrogens is 218 g/mol. The van der Waals surface area contributed by atoms with Crippen LogP contribution in [-0.4, -0.2) is 25.8 Å². The van der Waals surface area contributed by atoms with Crippen molar-refractivity contribution in [3.8, 4) is 0 Å². The Morgan fingerprint density at radius 2 is 2.18 bits per heavy atom. The van der Waals surface area contributed by atoms with Gasteiger partial charge in [-0.3, -0.25) is 4.79 Å². The average molecular weight is 235 g/mol.